The van der Waals surface area contributed by atoms with Crippen molar-refractivity contribution in [2.75, 3.05) is 26.7 Å². The summed E-state index contributed by atoms with van der Waals surface area (Å²) in [7, 11) is 1.66. The number of nitrogens with one attached hydrogen (secondary N) is 2. The third-order valence-corrected chi connectivity index (χ3v) is 2.50. The van der Waals surface area contributed by atoms with Crippen molar-refractivity contribution in [2.45, 2.75) is 52.7 Å². The van der Waals surface area contributed by atoms with Crippen molar-refractivity contribution >= 4 is 11.9 Å². The molecule has 0 fully saturated rings. The monoisotopic (exact) mass is 287 g/mol. The molecule has 6 nitrogen and oxygen atoms in total. The molecule has 0 aromatic rings. The van der Waals surface area contributed by atoms with Gasteiger partial charge in [-0.1, -0.05) is 0 Å². The molecule has 0 amide bonds. The summed E-state index contributed by atoms with van der Waals surface area (Å²) in [5, 5.41) is 6.23. The third kappa shape index (κ3) is 9.61. The number of guanidine groups is 1. The Labute approximate surface area is 122 Å². The second-order valence-electron chi connectivity index (χ2n) is 5.37. The van der Waals surface area contributed by atoms with Crippen molar-refractivity contribution in [3.05, 3.63) is 0 Å². The van der Waals surface area contributed by atoms with Crippen LogP contribution in [-0.2, 0) is 14.3 Å². The molecule has 2 N–H and O–H groups in total. The second kappa shape index (κ2) is 9.58. The molecule has 0 unspecified atom stereocenters. The fraction of sp³-hybridized carbons (Fsp3) is 0.857. The van der Waals surface area contributed by atoms with Crippen LogP contribution >= 0.6 is 0 Å². The van der Waals surface area contributed by atoms with Crippen LogP contribution in [0.15, 0.2) is 4.99 Å². The topological polar surface area (TPSA) is 72.0 Å². The van der Waals surface area contributed by atoms with E-state index in [4.69, 9.17) is 9.47 Å². The van der Waals surface area contributed by atoms with Crippen molar-refractivity contribution in [1.29, 1.82) is 0 Å². The molecule has 6 heteroatoms. The van der Waals surface area contributed by atoms with Crippen molar-refractivity contribution in [2.24, 2.45) is 4.99 Å². The van der Waals surface area contributed by atoms with Crippen molar-refractivity contribution in [1.82, 2.24) is 10.6 Å². The Kier molecular flexibility index (Phi) is 8.96. The Morgan fingerprint density at radius 2 is 1.95 bits per heavy atom. The van der Waals surface area contributed by atoms with Gasteiger partial charge in [0.2, 0.25) is 0 Å². The summed E-state index contributed by atoms with van der Waals surface area (Å²) in [5.74, 6) is 0.468. The number of aliphatic imine (C=N–C) groups is 1. The molecule has 0 atom stereocenters. The highest BCUT2D eigenvalue weighted by Gasteiger charge is 2.15. The number of nitrogens with zero attached hydrogens (tertiary/aromatic N) is 1. The first-order chi connectivity index (χ1) is 9.30. The van der Waals surface area contributed by atoms with Crippen LogP contribution < -0.4 is 10.6 Å². The van der Waals surface area contributed by atoms with Gasteiger partial charge in [-0.15, -0.1) is 0 Å². The molecule has 0 aliphatic heterocycles. The van der Waals surface area contributed by atoms with E-state index in [2.05, 4.69) is 15.6 Å². The van der Waals surface area contributed by atoms with Gasteiger partial charge >= 0.3 is 5.97 Å². The molecule has 0 saturated heterocycles. The number of hydrogen-bond donors (Lipinski definition) is 2. The van der Waals surface area contributed by atoms with Gasteiger partial charge in [-0.3, -0.25) is 9.79 Å². The lowest BCUT2D eigenvalue weighted by atomic mass is 10.1. The number of esters is 1. The molecule has 0 rings (SSSR count). The van der Waals surface area contributed by atoms with Crippen LogP contribution in [0.25, 0.3) is 0 Å². The zero-order chi connectivity index (χ0) is 15.6. The zero-order valence-corrected chi connectivity index (χ0v) is 13.6. The van der Waals surface area contributed by atoms with Crippen molar-refractivity contribution in [3.63, 3.8) is 0 Å². The minimum absolute atomic E-state index is 0.0769. The molecule has 0 aliphatic rings. The van der Waals surface area contributed by atoms with E-state index >= 15 is 0 Å². The predicted octanol–water partition coefficient (Wildman–Crippen LogP) is 1.31. The standard InChI is InChI=1S/C14H29N3O3/c1-7-15-13(17-10-14(4,5)19-6)16-9-8-12(18)20-11(2)3/h11H,7-10H2,1-6H3,(H2,15,16,17). The fourth-order valence-electron chi connectivity index (χ4n) is 1.28. The SMILES string of the molecule is CCNC(=NCC(C)(C)OC)NCCC(=O)OC(C)C. The smallest absolute Gasteiger partial charge is 0.307 e. The molecule has 0 saturated carbocycles. The van der Waals surface area contributed by atoms with Crippen molar-refractivity contribution in [3.8, 4) is 0 Å². The number of rotatable bonds is 8. The molecule has 0 bridgehead atoms. The van der Waals surface area contributed by atoms with Gasteiger partial charge in [0.25, 0.3) is 0 Å². The molecule has 0 radical (unpaired) electrons. The van der Waals surface area contributed by atoms with Crippen LogP contribution in [0.4, 0.5) is 0 Å². The Morgan fingerprint density at radius 1 is 1.30 bits per heavy atom. The van der Waals surface area contributed by atoms with E-state index in [9.17, 15) is 4.79 Å². The van der Waals surface area contributed by atoms with Crippen molar-refractivity contribution < 1.29 is 14.3 Å². The average Bonchev–Trinajstić information content (AvgIpc) is 2.35. The molecule has 0 aromatic heterocycles. The molecule has 20 heavy (non-hydrogen) atoms. The molecule has 0 aromatic carbocycles. The van der Waals surface area contributed by atoms with Gasteiger partial charge in [-0.2, -0.15) is 0 Å². The lowest BCUT2D eigenvalue weighted by Crippen LogP contribution is -2.40. The van der Waals surface area contributed by atoms with E-state index in [1.54, 1.807) is 7.11 Å². The van der Waals surface area contributed by atoms with Crippen LogP contribution in [0.3, 0.4) is 0 Å². The zero-order valence-electron chi connectivity index (χ0n) is 13.6. The normalized spacial score (nSPS) is 12.4. The first-order valence-corrected chi connectivity index (χ1v) is 7.07. The predicted molar refractivity (Wildman–Crippen MR) is 80.9 cm³/mol. The van der Waals surface area contributed by atoms with E-state index in [1.165, 1.54) is 0 Å². The molecule has 0 aliphatic carbocycles. The summed E-state index contributed by atoms with van der Waals surface area (Å²) in [6.07, 6.45) is 0.239. The lowest BCUT2D eigenvalue weighted by molar-refractivity contribution is -0.147. The fourth-order valence-corrected chi connectivity index (χ4v) is 1.28. The summed E-state index contributed by atoms with van der Waals surface area (Å²) >= 11 is 0. The maximum Gasteiger partial charge on any atom is 0.307 e. The molecular weight excluding hydrogens is 258 g/mol. The molecule has 0 spiro atoms. The van der Waals surface area contributed by atoms with Crippen LogP contribution in [0.5, 0.6) is 0 Å². The number of hydrogen-bond acceptors (Lipinski definition) is 4. The Hall–Kier alpha value is -1.30. The van der Waals surface area contributed by atoms with E-state index in [0.717, 1.165) is 6.54 Å². The Bertz CT molecular complexity index is 315. The first-order valence-electron chi connectivity index (χ1n) is 7.07. The Morgan fingerprint density at radius 3 is 2.45 bits per heavy atom. The van der Waals surface area contributed by atoms with Gasteiger partial charge in [-0.25, -0.2) is 0 Å². The summed E-state index contributed by atoms with van der Waals surface area (Å²) in [5.41, 5.74) is -0.307. The van der Waals surface area contributed by atoms with E-state index in [1.807, 2.05) is 34.6 Å². The van der Waals surface area contributed by atoms with Crippen LogP contribution in [0.2, 0.25) is 0 Å². The average molecular weight is 287 g/mol. The second-order valence-corrected chi connectivity index (χ2v) is 5.37. The maximum absolute atomic E-state index is 11.4. The molecule has 0 heterocycles. The van der Waals surface area contributed by atoms with Gasteiger partial charge in [0, 0.05) is 20.2 Å². The minimum atomic E-state index is -0.307. The van der Waals surface area contributed by atoms with Gasteiger partial charge in [-0.05, 0) is 34.6 Å². The number of carbonyl (C=O) groups excluding carboxylic acids is 1. The van der Waals surface area contributed by atoms with Crippen LogP contribution in [0.1, 0.15) is 41.0 Å². The highest BCUT2D eigenvalue weighted by molar-refractivity contribution is 5.80. The summed E-state index contributed by atoms with van der Waals surface area (Å²) in [6, 6.07) is 0. The number of ether oxygens (including phenoxy) is 2. The first kappa shape index (κ1) is 18.7. The summed E-state index contributed by atoms with van der Waals surface area (Å²) < 4.78 is 10.4. The van der Waals surface area contributed by atoms with Gasteiger partial charge in [0.15, 0.2) is 5.96 Å². The number of carbonyl (C=O) groups is 1. The molecular formula is C14H29N3O3. The third-order valence-electron chi connectivity index (χ3n) is 2.50. The lowest BCUT2D eigenvalue weighted by Gasteiger charge is -2.21. The van der Waals surface area contributed by atoms with Gasteiger partial charge in [0.05, 0.1) is 24.7 Å². The van der Waals surface area contributed by atoms with Crippen LogP contribution in [-0.4, -0.2) is 50.4 Å². The minimum Gasteiger partial charge on any atom is -0.463 e. The largest absolute Gasteiger partial charge is 0.463 e. The van der Waals surface area contributed by atoms with E-state index < -0.39 is 0 Å². The highest BCUT2D eigenvalue weighted by Crippen LogP contribution is 2.06. The van der Waals surface area contributed by atoms with Gasteiger partial charge in [0.1, 0.15) is 0 Å². The van der Waals surface area contributed by atoms with Gasteiger partial charge < -0.3 is 20.1 Å². The highest BCUT2D eigenvalue weighted by atomic mass is 16.5. The Balaban J connectivity index is 4.21. The summed E-state index contributed by atoms with van der Waals surface area (Å²) in [6.45, 7) is 11.4. The van der Waals surface area contributed by atoms with E-state index in [-0.39, 0.29) is 17.7 Å². The van der Waals surface area contributed by atoms with E-state index in [0.29, 0.717) is 25.5 Å². The molecule has 118 valence electrons. The number of methoxy groups -OCH3 is 1. The van der Waals surface area contributed by atoms with Crippen LogP contribution in [0, 0.1) is 0 Å². The maximum atomic E-state index is 11.4. The summed E-state index contributed by atoms with van der Waals surface area (Å²) in [4.78, 5) is 15.8. The quantitative estimate of drug-likeness (QED) is 0.400.